The molecule has 6 heteroatoms. The summed E-state index contributed by atoms with van der Waals surface area (Å²) < 4.78 is 16.6. The number of methoxy groups -OCH3 is 1. The van der Waals surface area contributed by atoms with E-state index in [4.69, 9.17) is 9.47 Å². The number of carbonyl (C=O) groups is 1. The van der Waals surface area contributed by atoms with E-state index in [9.17, 15) is 4.79 Å². The fourth-order valence-corrected chi connectivity index (χ4v) is 2.64. The Bertz CT molecular complexity index is 749. The van der Waals surface area contributed by atoms with Gasteiger partial charge in [0, 0.05) is 0 Å². The fraction of sp³-hybridized carbons (Fsp3) is 0.125. The molecule has 0 aliphatic carbocycles. The molecule has 0 fully saturated rings. The van der Waals surface area contributed by atoms with Crippen LogP contribution in [0, 0.1) is 0 Å². The van der Waals surface area contributed by atoms with Crippen LogP contribution in [0.25, 0.3) is 10.2 Å². The molecule has 1 aromatic heterocycles. The lowest BCUT2D eigenvalue weighted by Gasteiger charge is -2.06. The Kier molecular flexibility index (Phi) is 4.20. The number of nitrogens with zero attached hydrogens (tertiary/aromatic N) is 1. The van der Waals surface area contributed by atoms with E-state index in [1.807, 2.05) is 24.3 Å². The first-order chi connectivity index (χ1) is 10.7. The number of carbonyl (C=O) groups excluding carboxylic acids is 1. The van der Waals surface area contributed by atoms with Crippen LogP contribution in [-0.2, 0) is 9.53 Å². The first kappa shape index (κ1) is 14.3. The van der Waals surface area contributed by atoms with Gasteiger partial charge in [0.2, 0.25) is 0 Å². The third-order valence-corrected chi connectivity index (χ3v) is 3.80. The zero-order valence-corrected chi connectivity index (χ0v) is 12.6. The van der Waals surface area contributed by atoms with Crippen LogP contribution < -0.4 is 9.47 Å². The van der Waals surface area contributed by atoms with Crippen molar-refractivity contribution in [1.82, 2.24) is 4.98 Å². The third kappa shape index (κ3) is 3.35. The predicted octanol–water partition coefficient (Wildman–Crippen LogP) is 3.64. The maximum absolute atomic E-state index is 11.0. The summed E-state index contributed by atoms with van der Waals surface area (Å²) in [6, 6.07) is 14.8. The van der Waals surface area contributed by atoms with Crippen molar-refractivity contribution in [2.45, 2.75) is 0 Å². The average molecular weight is 315 g/mol. The molecule has 112 valence electrons. The van der Waals surface area contributed by atoms with E-state index in [0.29, 0.717) is 16.7 Å². The molecule has 0 saturated heterocycles. The van der Waals surface area contributed by atoms with Crippen LogP contribution in [0.5, 0.6) is 16.7 Å². The van der Waals surface area contributed by atoms with Crippen molar-refractivity contribution in [1.29, 1.82) is 0 Å². The van der Waals surface area contributed by atoms with Crippen molar-refractivity contribution in [2.75, 3.05) is 13.7 Å². The van der Waals surface area contributed by atoms with Crippen molar-refractivity contribution < 1.29 is 19.0 Å². The molecule has 0 amide bonds. The van der Waals surface area contributed by atoms with E-state index in [2.05, 4.69) is 9.72 Å². The summed E-state index contributed by atoms with van der Waals surface area (Å²) in [7, 11) is 1.32. The Morgan fingerprint density at radius 3 is 2.55 bits per heavy atom. The molecule has 0 aliphatic heterocycles. The molecule has 1 heterocycles. The second-order valence-corrected chi connectivity index (χ2v) is 5.38. The lowest BCUT2D eigenvalue weighted by Crippen LogP contribution is -2.12. The van der Waals surface area contributed by atoms with E-state index in [1.54, 1.807) is 24.3 Å². The molecule has 0 aliphatic rings. The normalized spacial score (nSPS) is 10.4. The predicted molar refractivity (Wildman–Crippen MR) is 83.6 cm³/mol. The van der Waals surface area contributed by atoms with Gasteiger partial charge in [-0.1, -0.05) is 23.5 Å². The average Bonchev–Trinajstić information content (AvgIpc) is 2.96. The highest BCUT2D eigenvalue weighted by atomic mass is 32.1. The van der Waals surface area contributed by atoms with Crippen LogP contribution in [0.1, 0.15) is 0 Å². The summed E-state index contributed by atoms with van der Waals surface area (Å²) in [5.41, 5.74) is 0.917. The highest BCUT2D eigenvalue weighted by Crippen LogP contribution is 2.31. The number of rotatable bonds is 5. The molecule has 0 spiro atoms. The van der Waals surface area contributed by atoms with Crippen LogP contribution in [0.15, 0.2) is 48.5 Å². The van der Waals surface area contributed by atoms with Gasteiger partial charge in [0.05, 0.1) is 17.3 Å². The number of thiazole rings is 1. The minimum atomic E-state index is -0.421. The topological polar surface area (TPSA) is 57.7 Å². The highest BCUT2D eigenvalue weighted by Gasteiger charge is 2.06. The molecule has 2 aromatic carbocycles. The maximum atomic E-state index is 11.0. The molecule has 0 radical (unpaired) electrons. The number of aromatic nitrogens is 1. The lowest BCUT2D eigenvalue weighted by molar-refractivity contribution is -0.142. The van der Waals surface area contributed by atoms with Gasteiger partial charge in [0.15, 0.2) is 6.61 Å². The Labute approximate surface area is 131 Å². The van der Waals surface area contributed by atoms with Gasteiger partial charge in [-0.2, -0.15) is 0 Å². The highest BCUT2D eigenvalue weighted by molar-refractivity contribution is 7.20. The van der Waals surface area contributed by atoms with Gasteiger partial charge in [0.1, 0.15) is 11.5 Å². The van der Waals surface area contributed by atoms with Crippen molar-refractivity contribution >= 4 is 27.5 Å². The van der Waals surface area contributed by atoms with E-state index >= 15 is 0 Å². The number of hydrogen-bond acceptors (Lipinski definition) is 6. The van der Waals surface area contributed by atoms with Gasteiger partial charge in [-0.15, -0.1) is 0 Å². The number of esters is 1. The van der Waals surface area contributed by atoms with Crippen LogP contribution >= 0.6 is 11.3 Å². The van der Waals surface area contributed by atoms with Crippen molar-refractivity contribution in [3.63, 3.8) is 0 Å². The molecule has 5 nitrogen and oxygen atoms in total. The summed E-state index contributed by atoms with van der Waals surface area (Å²) in [6.45, 7) is -0.116. The molecule has 0 unspecified atom stereocenters. The Hall–Kier alpha value is -2.60. The summed E-state index contributed by atoms with van der Waals surface area (Å²) in [5.74, 6) is 0.807. The first-order valence-corrected chi connectivity index (χ1v) is 7.39. The number of para-hydroxylation sites is 1. The summed E-state index contributed by atoms with van der Waals surface area (Å²) >= 11 is 1.49. The fourth-order valence-electron chi connectivity index (χ4n) is 1.80. The van der Waals surface area contributed by atoms with E-state index < -0.39 is 5.97 Å². The van der Waals surface area contributed by atoms with Gasteiger partial charge in [-0.05, 0) is 36.4 Å². The zero-order chi connectivity index (χ0) is 15.4. The van der Waals surface area contributed by atoms with Crippen molar-refractivity contribution in [3.05, 3.63) is 48.5 Å². The summed E-state index contributed by atoms with van der Waals surface area (Å²) in [4.78, 5) is 15.4. The van der Waals surface area contributed by atoms with E-state index in [0.717, 1.165) is 10.2 Å². The second-order valence-electron chi connectivity index (χ2n) is 4.39. The number of hydrogen-bond donors (Lipinski definition) is 0. The second kappa shape index (κ2) is 6.44. The summed E-state index contributed by atoms with van der Waals surface area (Å²) in [6.07, 6.45) is 0. The van der Waals surface area contributed by atoms with Crippen LogP contribution in [0.3, 0.4) is 0 Å². The maximum Gasteiger partial charge on any atom is 0.343 e. The van der Waals surface area contributed by atoms with Gasteiger partial charge in [0.25, 0.3) is 5.19 Å². The third-order valence-electron chi connectivity index (χ3n) is 2.89. The van der Waals surface area contributed by atoms with Crippen molar-refractivity contribution in [3.8, 4) is 16.7 Å². The molecule has 0 atom stereocenters. The molecule has 0 N–H and O–H groups in total. The number of benzene rings is 2. The number of fused-ring (bicyclic) bond motifs is 1. The molecule has 3 rings (SSSR count). The largest absolute Gasteiger partial charge is 0.482 e. The smallest absolute Gasteiger partial charge is 0.343 e. The molecule has 0 bridgehead atoms. The van der Waals surface area contributed by atoms with Gasteiger partial charge < -0.3 is 14.2 Å². The van der Waals surface area contributed by atoms with Gasteiger partial charge >= 0.3 is 5.97 Å². The minimum absolute atomic E-state index is 0.116. The van der Waals surface area contributed by atoms with E-state index in [1.165, 1.54) is 18.4 Å². The SMILES string of the molecule is COC(=O)COc1ccc(Oc2nc3ccccc3s2)cc1. The zero-order valence-electron chi connectivity index (χ0n) is 11.8. The quantitative estimate of drug-likeness (QED) is 0.673. The minimum Gasteiger partial charge on any atom is -0.482 e. The standard InChI is InChI=1S/C16H13NO4S/c1-19-15(18)10-20-11-6-8-12(9-7-11)21-16-17-13-4-2-3-5-14(13)22-16/h2-9H,10H2,1H3. The Balaban J connectivity index is 1.66. The molecular weight excluding hydrogens is 302 g/mol. The first-order valence-electron chi connectivity index (χ1n) is 6.58. The van der Waals surface area contributed by atoms with Crippen LogP contribution in [-0.4, -0.2) is 24.7 Å². The molecule has 0 saturated carbocycles. The monoisotopic (exact) mass is 315 g/mol. The molecular formula is C16H13NO4S. The van der Waals surface area contributed by atoms with Crippen LogP contribution in [0.4, 0.5) is 0 Å². The summed E-state index contributed by atoms with van der Waals surface area (Å²) in [5, 5.41) is 0.587. The Morgan fingerprint density at radius 2 is 1.82 bits per heavy atom. The van der Waals surface area contributed by atoms with Gasteiger partial charge in [-0.25, -0.2) is 9.78 Å². The molecule has 3 aromatic rings. The lowest BCUT2D eigenvalue weighted by atomic mass is 10.3. The van der Waals surface area contributed by atoms with E-state index in [-0.39, 0.29) is 6.61 Å². The number of ether oxygens (including phenoxy) is 3. The van der Waals surface area contributed by atoms with Gasteiger partial charge in [-0.3, -0.25) is 0 Å². The van der Waals surface area contributed by atoms with Crippen LogP contribution in [0.2, 0.25) is 0 Å². The Morgan fingerprint density at radius 1 is 1.09 bits per heavy atom. The molecule has 22 heavy (non-hydrogen) atoms. The van der Waals surface area contributed by atoms with Crippen molar-refractivity contribution in [2.24, 2.45) is 0 Å².